The number of unbranched alkanes of at least 4 members (excludes halogenated alkanes) is 2. The number of hydrogen-bond donors (Lipinski definition) is 2. The lowest BCUT2D eigenvalue weighted by molar-refractivity contribution is 0.192. The average Bonchev–Trinajstić information content (AvgIpc) is 2.42. The normalized spacial score (nSPS) is 11.7. The molecule has 0 spiro atoms. The highest BCUT2D eigenvalue weighted by Crippen LogP contribution is 2.08. The average molecular weight is 301 g/mol. The lowest BCUT2D eigenvalue weighted by atomic mass is 10.1. The van der Waals surface area contributed by atoms with Gasteiger partial charge in [-0.3, -0.25) is 0 Å². The fraction of sp³-hybridized carbons (Fsp3) is 0.571. The summed E-state index contributed by atoms with van der Waals surface area (Å²) in [5.41, 5.74) is 1.40. The number of sulfonamides is 1. The lowest BCUT2D eigenvalue weighted by Gasteiger charge is -2.07. The molecule has 0 fully saturated rings. The fourth-order valence-electron chi connectivity index (χ4n) is 1.86. The van der Waals surface area contributed by atoms with Crippen LogP contribution < -0.4 is 4.72 Å². The van der Waals surface area contributed by atoms with Gasteiger partial charge in [0, 0.05) is 20.3 Å². The van der Waals surface area contributed by atoms with Crippen molar-refractivity contribution >= 4 is 10.0 Å². The predicted molar refractivity (Wildman–Crippen MR) is 78.7 cm³/mol. The van der Waals surface area contributed by atoms with Gasteiger partial charge in [0.2, 0.25) is 10.0 Å². The highest BCUT2D eigenvalue weighted by Gasteiger charge is 2.10. The molecule has 5 nitrogen and oxygen atoms in total. The number of benzene rings is 1. The number of aliphatic hydroxyl groups excluding tert-OH is 1. The summed E-state index contributed by atoms with van der Waals surface area (Å²) in [7, 11) is -1.66. The van der Waals surface area contributed by atoms with E-state index in [0.29, 0.717) is 18.7 Å². The highest BCUT2D eigenvalue weighted by molar-refractivity contribution is 7.88. The first-order valence-corrected chi connectivity index (χ1v) is 8.37. The number of rotatable bonds is 10. The minimum absolute atomic E-state index is 0.0566. The van der Waals surface area contributed by atoms with E-state index in [0.717, 1.165) is 24.8 Å². The van der Waals surface area contributed by atoms with Crippen molar-refractivity contribution in [1.29, 1.82) is 0 Å². The second kappa shape index (κ2) is 9.07. The Balaban J connectivity index is 2.37. The van der Waals surface area contributed by atoms with Crippen molar-refractivity contribution in [3.8, 4) is 0 Å². The third-order valence-electron chi connectivity index (χ3n) is 2.88. The standard InChI is InChI=1S/C14H23NO4S/c1-19-9-4-2-3-8-15-20(17,18)12-14-7-5-6-13(10-14)11-16/h5-7,10,15-16H,2-4,8-9,11-12H2,1H3. The molecule has 0 saturated carbocycles. The summed E-state index contributed by atoms with van der Waals surface area (Å²) in [5, 5.41) is 9.03. The van der Waals surface area contributed by atoms with E-state index in [9.17, 15) is 8.42 Å². The predicted octanol–water partition coefficient (Wildman–Crippen LogP) is 1.41. The van der Waals surface area contributed by atoms with Gasteiger partial charge >= 0.3 is 0 Å². The maximum atomic E-state index is 11.9. The van der Waals surface area contributed by atoms with Crippen LogP contribution in [-0.2, 0) is 27.1 Å². The van der Waals surface area contributed by atoms with Crippen LogP contribution in [0.1, 0.15) is 30.4 Å². The van der Waals surface area contributed by atoms with Crippen LogP contribution in [0, 0.1) is 0 Å². The third-order valence-corrected chi connectivity index (χ3v) is 4.24. The van der Waals surface area contributed by atoms with Crippen molar-refractivity contribution in [1.82, 2.24) is 4.72 Å². The first kappa shape index (κ1) is 17.1. The van der Waals surface area contributed by atoms with Crippen LogP contribution in [-0.4, -0.2) is 33.8 Å². The highest BCUT2D eigenvalue weighted by atomic mass is 32.2. The molecule has 0 aliphatic rings. The van der Waals surface area contributed by atoms with Crippen molar-refractivity contribution in [2.45, 2.75) is 31.6 Å². The van der Waals surface area contributed by atoms with Crippen molar-refractivity contribution in [2.75, 3.05) is 20.3 Å². The summed E-state index contributed by atoms with van der Waals surface area (Å²) < 4.78 is 31.3. The van der Waals surface area contributed by atoms with E-state index in [1.165, 1.54) is 0 Å². The summed E-state index contributed by atoms with van der Waals surface area (Å²) in [5.74, 6) is -0.0566. The molecule has 0 saturated heterocycles. The van der Waals surface area contributed by atoms with Crippen LogP contribution in [0.4, 0.5) is 0 Å². The molecule has 1 aromatic rings. The minimum Gasteiger partial charge on any atom is -0.392 e. The van der Waals surface area contributed by atoms with Crippen LogP contribution in [0.25, 0.3) is 0 Å². The Kier molecular flexibility index (Phi) is 7.76. The topological polar surface area (TPSA) is 75.6 Å². The molecule has 2 N–H and O–H groups in total. The van der Waals surface area contributed by atoms with E-state index >= 15 is 0 Å². The van der Waals surface area contributed by atoms with Crippen LogP contribution in [0.2, 0.25) is 0 Å². The molecule has 6 heteroatoms. The molecule has 114 valence electrons. The van der Waals surface area contributed by atoms with E-state index in [1.54, 1.807) is 31.4 Å². The van der Waals surface area contributed by atoms with Gasteiger partial charge in [-0.2, -0.15) is 0 Å². The van der Waals surface area contributed by atoms with Gasteiger partial charge in [-0.25, -0.2) is 13.1 Å². The molecule has 0 aromatic heterocycles. The molecule has 0 radical (unpaired) electrons. The van der Waals surface area contributed by atoms with Gasteiger partial charge in [0.25, 0.3) is 0 Å². The zero-order valence-electron chi connectivity index (χ0n) is 11.8. The van der Waals surface area contributed by atoms with Gasteiger partial charge in [0.15, 0.2) is 0 Å². The van der Waals surface area contributed by atoms with Crippen molar-refractivity contribution in [3.05, 3.63) is 35.4 Å². The molecule has 0 amide bonds. The Morgan fingerprint density at radius 1 is 1.20 bits per heavy atom. The summed E-state index contributed by atoms with van der Waals surface area (Å²) >= 11 is 0. The zero-order valence-corrected chi connectivity index (χ0v) is 12.7. The Labute approximate surface area is 121 Å². The van der Waals surface area contributed by atoms with Gasteiger partial charge in [-0.1, -0.05) is 24.3 Å². The van der Waals surface area contributed by atoms with Crippen molar-refractivity contribution in [2.24, 2.45) is 0 Å². The minimum atomic E-state index is -3.32. The second-order valence-electron chi connectivity index (χ2n) is 4.68. The summed E-state index contributed by atoms with van der Waals surface area (Å²) in [4.78, 5) is 0. The van der Waals surface area contributed by atoms with Crippen LogP contribution in [0.3, 0.4) is 0 Å². The molecule has 0 heterocycles. The lowest BCUT2D eigenvalue weighted by Crippen LogP contribution is -2.26. The largest absolute Gasteiger partial charge is 0.392 e. The third kappa shape index (κ3) is 7.00. The Morgan fingerprint density at radius 3 is 2.65 bits per heavy atom. The van der Waals surface area contributed by atoms with E-state index in [1.807, 2.05) is 0 Å². The number of nitrogens with one attached hydrogen (secondary N) is 1. The molecule has 20 heavy (non-hydrogen) atoms. The van der Waals surface area contributed by atoms with Crippen LogP contribution in [0.5, 0.6) is 0 Å². The first-order chi connectivity index (χ1) is 9.57. The quantitative estimate of drug-likeness (QED) is 0.641. The van der Waals surface area contributed by atoms with E-state index in [2.05, 4.69) is 4.72 Å². The summed E-state index contributed by atoms with van der Waals surface area (Å²) in [6, 6.07) is 6.97. The SMILES string of the molecule is COCCCCCNS(=O)(=O)Cc1cccc(CO)c1. The Morgan fingerprint density at radius 2 is 1.95 bits per heavy atom. The van der Waals surface area contributed by atoms with Crippen LogP contribution >= 0.6 is 0 Å². The monoisotopic (exact) mass is 301 g/mol. The second-order valence-corrected chi connectivity index (χ2v) is 6.49. The van der Waals surface area contributed by atoms with Gasteiger partial charge in [0.1, 0.15) is 0 Å². The van der Waals surface area contributed by atoms with Gasteiger partial charge in [-0.15, -0.1) is 0 Å². The number of aliphatic hydroxyl groups is 1. The molecule has 0 bridgehead atoms. The van der Waals surface area contributed by atoms with E-state index in [4.69, 9.17) is 9.84 Å². The maximum absolute atomic E-state index is 11.9. The van der Waals surface area contributed by atoms with Gasteiger partial charge in [-0.05, 0) is 30.4 Å². The molecule has 0 aliphatic heterocycles. The van der Waals surface area contributed by atoms with Crippen LogP contribution in [0.15, 0.2) is 24.3 Å². The number of ether oxygens (including phenoxy) is 1. The van der Waals surface area contributed by atoms with E-state index < -0.39 is 10.0 Å². The number of methoxy groups -OCH3 is 1. The molecule has 0 unspecified atom stereocenters. The molecule has 1 rings (SSSR count). The Bertz CT molecular complexity index is 488. The molecular weight excluding hydrogens is 278 g/mol. The van der Waals surface area contributed by atoms with E-state index in [-0.39, 0.29) is 12.4 Å². The van der Waals surface area contributed by atoms with Crippen molar-refractivity contribution < 1.29 is 18.3 Å². The zero-order chi connectivity index (χ0) is 14.8. The van der Waals surface area contributed by atoms with Gasteiger partial charge in [0.05, 0.1) is 12.4 Å². The number of hydrogen-bond acceptors (Lipinski definition) is 4. The van der Waals surface area contributed by atoms with Crippen molar-refractivity contribution in [3.63, 3.8) is 0 Å². The maximum Gasteiger partial charge on any atom is 0.215 e. The smallest absolute Gasteiger partial charge is 0.215 e. The summed E-state index contributed by atoms with van der Waals surface area (Å²) in [6.07, 6.45) is 2.69. The molecule has 1 aromatic carbocycles. The first-order valence-electron chi connectivity index (χ1n) is 6.72. The fourth-order valence-corrected chi connectivity index (χ4v) is 3.04. The Hall–Kier alpha value is -0.950. The molecular formula is C14H23NO4S. The molecule has 0 atom stereocenters. The van der Waals surface area contributed by atoms with Gasteiger partial charge < -0.3 is 9.84 Å². The summed E-state index contributed by atoms with van der Waals surface area (Å²) in [6.45, 7) is 1.08. The molecule has 0 aliphatic carbocycles.